The highest BCUT2D eigenvalue weighted by Gasteiger charge is 2.68. The van der Waals surface area contributed by atoms with Crippen LogP contribution >= 0.6 is 0 Å². The van der Waals surface area contributed by atoms with E-state index in [-0.39, 0.29) is 23.7 Å². The fourth-order valence-electron chi connectivity index (χ4n) is 5.32. The standard InChI is InChI=1S/C17H22O3/c1-2-3-6-20-8-9-7-12-14-10-4-5-11(16(10)18)15(14)13(9)17(12)19/h4-5,9-15H,2-3,6-8H2,1H3. The second kappa shape index (κ2) is 4.52. The van der Waals surface area contributed by atoms with Crippen molar-refractivity contribution in [3.8, 4) is 0 Å². The van der Waals surface area contributed by atoms with Gasteiger partial charge in [-0.05, 0) is 30.6 Å². The Hall–Kier alpha value is -0.960. The summed E-state index contributed by atoms with van der Waals surface area (Å²) in [6, 6.07) is 0. The Morgan fingerprint density at radius 2 is 1.90 bits per heavy atom. The highest BCUT2D eigenvalue weighted by Crippen LogP contribution is 2.64. The number of ether oxygens (including phenoxy) is 1. The largest absolute Gasteiger partial charge is 0.381 e. The molecule has 0 saturated heterocycles. The maximum absolute atomic E-state index is 12.5. The van der Waals surface area contributed by atoms with Crippen LogP contribution in [0.1, 0.15) is 26.2 Å². The van der Waals surface area contributed by atoms with Gasteiger partial charge in [-0.15, -0.1) is 0 Å². The van der Waals surface area contributed by atoms with Gasteiger partial charge in [0, 0.05) is 30.3 Å². The summed E-state index contributed by atoms with van der Waals surface area (Å²) in [6.45, 7) is 3.67. The third-order valence-electron chi connectivity index (χ3n) is 6.07. The average Bonchev–Trinajstić information content (AvgIpc) is 3.13. The summed E-state index contributed by atoms with van der Waals surface area (Å²) in [5.74, 6) is 2.19. The van der Waals surface area contributed by atoms with Crippen LogP contribution in [0.5, 0.6) is 0 Å². The van der Waals surface area contributed by atoms with E-state index < -0.39 is 0 Å². The highest BCUT2D eigenvalue weighted by atomic mass is 16.5. The third kappa shape index (κ3) is 1.50. The first-order valence-electron chi connectivity index (χ1n) is 8.07. The Morgan fingerprint density at radius 3 is 2.65 bits per heavy atom. The first-order chi connectivity index (χ1) is 9.74. The number of unbranched alkanes of at least 4 members (excludes halogenated alkanes) is 1. The molecule has 108 valence electrons. The molecule has 7 atom stereocenters. The van der Waals surface area contributed by atoms with E-state index >= 15 is 0 Å². The van der Waals surface area contributed by atoms with Crippen LogP contribution in [-0.4, -0.2) is 24.8 Å². The molecule has 20 heavy (non-hydrogen) atoms. The highest BCUT2D eigenvalue weighted by molar-refractivity contribution is 5.98. The number of hydrogen-bond acceptors (Lipinski definition) is 3. The van der Waals surface area contributed by atoms with Gasteiger partial charge in [-0.1, -0.05) is 25.5 Å². The molecule has 0 amide bonds. The molecule has 3 heteroatoms. The van der Waals surface area contributed by atoms with E-state index in [9.17, 15) is 9.59 Å². The number of carbonyl (C=O) groups excluding carboxylic acids is 2. The summed E-state index contributed by atoms with van der Waals surface area (Å²) < 4.78 is 5.76. The van der Waals surface area contributed by atoms with Crippen LogP contribution in [0.2, 0.25) is 0 Å². The molecule has 4 aliphatic rings. The zero-order chi connectivity index (χ0) is 13.9. The fraction of sp³-hybridized carbons (Fsp3) is 0.765. The maximum atomic E-state index is 12.5. The molecule has 3 fully saturated rings. The second-order valence-corrected chi connectivity index (χ2v) is 6.95. The van der Waals surface area contributed by atoms with Crippen LogP contribution < -0.4 is 0 Å². The maximum Gasteiger partial charge on any atom is 0.147 e. The smallest absolute Gasteiger partial charge is 0.147 e. The average molecular weight is 274 g/mol. The van der Waals surface area contributed by atoms with Gasteiger partial charge in [-0.25, -0.2) is 0 Å². The van der Waals surface area contributed by atoms with Crippen LogP contribution in [-0.2, 0) is 14.3 Å². The first-order valence-corrected chi connectivity index (χ1v) is 8.07. The van der Waals surface area contributed by atoms with Gasteiger partial charge < -0.3 is 4.74 Å². The minimum atomic E-state index is 0.0439. The molecule has 7 unspecified atom stereocenters. The van der Waals surface area contributed by atoms with Gasteiger partial charge in [-0.2, -0.15) is 0 Å². The number of hydrogen-bond donors (Lipinski definition) is 0. The molecule has 0 aliphatic heterocycles. The van der Waals surface area contributed by atoms with Crippen molar-refractivity contribution >= 4 is 11.6 Å². The predicted molar refractivity (Wildman–Crippen MR) is 73.9 cm³/mol. The molecule has 4 bridgehead atoms. The molecule has 0 N–H and O–H groups in total. The van der Waals surface area contributed by atoms with Crippen molar-refractivity contribution in [2.45, 2.75) is 26.2 Å². The lowest BCUT2D eigenvalue weighted by molar-refractivity contribution is -0.125. The molecule has 0 radical (unpaired) electrons. The zero-order valence-electron chi connectivity index (χ0n) is 12.0. The van der Waals surface area contributed by atoms with Crippen molar-refractivity contribution in [2.24, 2.45) is 41.4 Å². The van der Waals surface area contributed by atoms with Crippen LogP contribution in [0.3, 0.4) is 0 Å². The molecule has 0 spiro atoms. The van der Waals surface area contributed by atoms with E-state index in [1.54, 1.807) is 0 Å². The minimum absolute atomic E-state index is 0.0439. The van der Waals surface area contributed by atoms with Crippen LogP contribution in [0.25, 0.3) is 0 Å². The van der Waals surface area contributed by atoms with Crippen molar-refractivity contribution < 1.29 is 14.3 Å². The molecule has 3 nitrogen and oxygen atoms in total. The minimum Gasteiger partial charge on any atom is -0.381 e. The lowest BCUT2D eigenvalue weighted by Crippen LogP contribution is -2.33. The lowest BCUT2D eigenvalue weighted by atomic mass is 9.69. The Balaban J connectivity index is 1.49. The van der Waals surface area contributed by atoms with E-state index in [4.69, 9.17) is 4.74 Å². The van der Waals surface area contributed by atoms with Gasteiger partial charge in [0.25, 0.3) is 0 Å². The summed E-state index contributed by atoms with van der Waals surface area (Å²) in [5.41, 5.74) is 0. The molecule has 3 saturated carbocycles. The van der Waals surface area contributed by atoms with Crippen molar-refractivity contribution in [3.05, 3.63) is 12.2 Å². The number of carbonyl (C=O) groups is 2. The Morgan fingerprint density at radius 1 is 1.15 bits per heavy atom. The van der Waals surface area contributed by atoms with Crippen molar-refractivity contribution in [3.63, 3.8) is 0 Å². The van der Waals surface area contributed by atoms with Crippen molar-refractivity contribution in [1.82, 2.24) is 0 Å². The number of allylic oxidation sites excluding steroid dienone is 2. The van der Waals surface area contributed by atoms with E-state index in [0.29, 0.717) is 35.9 Å². The van der Waals surface area contributed by atoms with Crippen LogP contribution in [0, 0.1) is 41.4 Å². The molecule has 0 aromatic heterocycles. The number of ketones is 2. The first kappa shape index (κ1) is 12.8. The molecule has 0 aromatic rings. The lowest BCUT2D eigenvalue weighted by Gasteiger charge is -2.34. The van der Waals surface area contributed by atoms with E-state index in [1.165, 1.54) is 0 Å². The van der Waals surface area contributed by atoms with E-state index in [2.05, 4.69) is 19.1 Å². The van der Waals surface area contributed by atoms with Crippen LogP contribution in [0.4, 0.5) is 0 Å². The van der Waals surface area contributed by atoms with E-state index in [1.807, 2.05) is 0 Å². The topological polar surface area (TPSA) is 43.4 Å². The van der Waals surface area contributed by atoms with Crippen molar-refractivity contribution in [1.29, 1.82) is 0 Å². The molecule has 0 heterocycles. The number of fused-ring (bicyclic) bond motifs is 9. The van der Waals surface area contributed by atoms with Gasteiger partial charge in [0.15, 0.2) is 0 Å². The van der Waals surface area contributed by atoms with Crippen molar-refractivity contribution in [2.75, 3.05) is 13.2 Å². The Labute approximate surface area is 119 Å². The molecular formula is C17H22O3. The van der Waals surface area contributed by atoms with Gasteiger partial charge in [0.2, 0.25) is 0 Å². The Bertz CT molecular complexity index is 481. The molecule has 4 aliphatic carbocycles. The second-order valence-electron chi connectivity index (χ2n) is 6.95. The third-order valence-corrected chi connectivity index (χ3v) is 6.07. The summed E-state index contributed by atoms with van der Waals surface area (Å²) in [7, 11) is 0. The summed E-state index contributed by atoms with van der Waals surface area (Å²) in [6.07, 6.45) is 7.32. The quantitative estimate of drug-likeness (QED) is 0.439. The van der Waals surface area contributed by atoms with Gasteiger partial charge in [-0.3, -0.25) is 9.59 Å². The summed E-state index contributed by atoms with van der Waals surface area (Å²) in [5, 5.41) is 0. The Kier molecular flexibility index (Phi) is 2.88. The number of rotatable bonds is 5. The normalized spacial score (nSPS) is 47.5. The zero-order valence-corrected chi connectivity index (χ0v) is 12.0. The summed E-state index contributed by atoms with van der Waals surface area (Å²) in [4.78, 5) is 24.7. The molecule has 0 aromatic carbocycles. The summed E-state index contributed by atoms with van der Waals surface area (Å²) >= 11 is 0. The van der Waals surface area contributed by atoms with Gasteiger partial charge in [0.05, 0.1) is 6.61 Å². The molecular weight excluding hydrogens is 252 g/mol. The van der Waals surface area contributed by atoms with Gasteiger partial charge in [0.1, 0.15) is 11.6 Å². The number of Topliss-reactive ketones (excluding diaryl/α,β-unsaturated/α-hetero) is 2. The SMILES string of the molecule is CCCCOCC1CC2C(=O)C1C1C3C=CC(C3=O)C21. The van der Waals surface area contributed by atoms with Crippen LogP contribution in [0.15, 0.2) is 12.2 Å². The molecule has 4 rings (SSSR count). The fourth-order valence-corrected chi connectivity index (χ4v) is 5.32. The van der Waals surface area contributed by atoms with Gasteiger partial charge >= 0.3 is 0 Å². The monoisotopic (exact) mass is 274 g/mol. The predicted octanol–water partition coefficient (Wildman–Crippen LogP) is 2.26. The van der Waals surface area contributed by atoms with E-state index in [0.717, 1.165) is 25.9 Å².